The first kappa shape index (κ1) is 15.4. The van der Waals surface area contributed by atoms with Crippen molar-refractivity contribution in [3.63, 3.8) is 0 Å². The summed E-state index contributed by atoms with van der Waals surface area (Å²) in [5.41, 5.74) is 1.66. The molecule has 1 atom stereocenters. The molecule has 8 heteroatoms. The van der Waals surface area contributed by atoms with Crippen LogP contribution in [0.15, 0.2) is 6.07 Å². The minimum absolute atomic E-state index is 0.0574. The summed E-state index contributed by atoms with van der Waals surface area (Å²) in [5.74, 6) is -0.311. The Labute approximate surface area is 133 Å². The van der Waals surface area contributed by atoms with Crippen LogP contribution in [0.25, 0.3) is 5.78 Å². The molecule has 0 spiro atoms. The zero-order valence-electron chi connectivity index (χ0n) is 13.4. The molecule has 1 fully saturated rings. The van der Waals surface area contributed by atoms with E-state index in [-0.39, 0.29) is 11.7 Å². The Hall–Kier alpha value is -2.51. The van der Waals surface area contributed by atoms with Gasteiger partial charge in [0.2, 0.25) is 5.82 Å². The number of ether oxygens (including phenoxy) is 1. The second-order valence-electron chi connectivity index (χ2n) is 5.72. The highest BCUT2D eigenvalue weighted by Gasteiger charge is 2.35. The van der Waals surface area contributed by atoms with Gasteiger partial charge in [-0.25, -0.2) is 14.3 Å². The maximum Gasteiger partial charge on any atom is 0.328 e. The van der Waals surface area contributed by atoms with Gasteiger partial charge in [-0.3, -0.25) is 4.79 Å². The summed E-state index contributed by atoms with van der Waals surface area (Å²) in [7, 11) is 1.33. The third-order valence-corrected chi connectivity index (χ3v) is 4.05. The Kier molecular flexibility index (Phi) is 3.97. The van der Waals surface area contributed by atoms with Crippen molar-refractivity contribution >= 4 is 17.7 Å². The molecule has 0 saturated carbocycles. The number of carbonyl (C=O) groups excluding carboxylic acids is 2. The van der Waals surface area contributed by atoms with Gasteiger partial charge in [-0.05, 0) is 39.2 Å². The van der Waals surface area contributed by atoms with E-state index in [0.29, 0.717) is 18.7 Å². The average molecular weight is 317 g/mol. The molecule has 1 unspecified atom stereocenters. The maximum atomic E-state index is 12.7. The monoisotopic (exact) mass is 317 g/mol. The summed E-state index contributed by atoms with van der Waals surface area (Å²) in [4.78, 5) is 34.7. The van der Waals surface area contributed by atoms with Crippen LogP contribution in [0, 0.1) is 13.8 Å². The fourth-order valence-electron chi connectivity index (χ4n) is 2.94. The zero-order valence-corrected chi connectivity index (χ0v) is 13.4. The molecule has 1 saturated heterocycles. The van der Waals surface area contributed by atoms with Crippen molar-refractivity contribution in [2.24, 2.45) is 0 Å². The first-order valence-corrected chi connectivity index (χ1v) is 7.61. The number of hydrogen-bond acceptors (Lipinski definition) is 6. The zero-order chi connectivity index (χ0) is 16.6. The van der Waals surface area contributed by atoms with E-state index in [4.69, 9.17) is 4.74 Å². The molecule has 0 radical (unpaired) electrons. The summed E-state index contributed by atoms with van der Waals surface area (Å²) in [6.07, 6.45) is 2.34. The minimum atomic E-state index is -0.566. The number of carbonyl (C=O) groups is 2. The number of aryl methyl sites for hydroxylation is 2. The predicted octanol–water partition coefficient (Wildman–Crippen LogP) is 0.909. The number of nitrogens with zero attached hydrogens (tertiary/aromatic N) is 5. The van der Waals surface area contributed by atoms with E-state index in [1.165, 1.54) is 16.5 Å². The SMILES string of the molecule is COC(=O)C1CCCCN1C(=O)c1nc2nc(C)cc(C)n2n1. The van der Waals surface area contributed by atoms with Gasteiger partial charge in [-0.15, -0.1) is 5.10 Å². The molecule has 1 aliphatic rings. The highest BCUT2D eigenvalue weighted by atomic mass is 16.5. The smallest absolute Gasteiger partial charge is 0.328 e. The van der Waals surface area contributed by atoms with Gasteiger partial charge in [0.15, 0.2) is 0 Å². The van der Waals surface area contributed by atoms with Crippen LogP contribution in [0.3, 0.4) is 0 Å². The van der Waals surface area contributed by atoms with Crippen molar-refractivity contribution in [1.82, 2.24) is 24.5 Å². The molecule has 23 heavy (non-hydrogen) atoms. The Balaban J connectivity index is 1.95. The third kappa shape index (κ3) is 2.76. The molecule has 1 aliphatic heterocycles. The summed E-state index contributed by atoms with van der Waals surface area (Å²) in [5, 5.41) is 4.25. The normalized spacial score (nSPS) is 18.2. The van der Waals surface area contributed by atoms with E-state index in [9.17, 15) is 9.59 Å². The lowest BCUT2D eigenvalue weighted by Gasteiger charge is -2.32. The number of amides is 1. The number of methoxy groups -OCH3 is 1. The third-order valence-electron chi connectivity index (χ3n) is 4.05. The Morgan fingerprint density at radius 3 is 2.78 bits per heavy atom. The van der Waals surface area contributed by atoms with Gasteiger partial charge in [0.1, 0.15) is 6.04 Å². The summed E-state index contributed by atoms with van der Waals surface area (Å²) >= 11 is 0. The van der Waals surface area contributed by atoms with E-state index in [1.54, 1.807) is 0 Å². The number of esters is 1. The number of aromatic nitrogens is 4. The summed E-state index contributed by atoms with van der Waals surface area (Å²) in [6, 6.07) is 1.30. The Morgan fingerprint density at radius 1 is 1.26 bits per heavy atom. The van der Waals surface area contributed by atoms with Crippen molar-refractivity contribution in [2.75, 3.05) is 13.7 Å². The van der Waals surface area contributed by atoms with Crippen molar-refractivity contribution in [3.05, 3.63) is 23.3 Å². The summed E-state index contributed by atoms with van der Waals surface area (Å²) < 4.78 is 6.35. The van der Waals surface area contributed by atoms with Crippen LogP contribution in [0.1, 0.15) is 41.3 Å². The van der Waals surface area contributed by atoms with Gasteiger partial charge in [0.05, 0.1) is 7.11 Å². The number of piperidine rings is 1. The quantitative estimate of drug-likeness (QED) is 0.765. The van der Waals surface area contributed by atoms with Crippen LogP contribution < -0.4 is 0 Å². The molecule has 2 aromatic heterocycles. The fourth-order valence-corrected chi connectivity index (χ4v) is 2.94. The number of fused-ring (bicyclic) bond motifs is 1. The first-order valence-electron chi connectivity index (χ1n) is 7.61. The standard InChI is InChI=1S/C15H19N5O3/c1-9-8-10(2)20-15(16-9)17-12(18-20)13(21)19-7-5-4-6-11(19)14(22)23-3/h8,11H,4-7H2,1-3H3. The van der Waals surface area contributed by atoms with Crippen molar-refractivity contribution < 1.29 is 14.3 Å². The van der Waals surface area contributed by atoms with Crippen molar-refractivity contribution in [3.8, 4) is 0 Å². The topological polar surface area (TPSA) is 89.7 Å². The second-order valence-corrected chi connectivity index (χ2v) is 5.72. The second kappa shape index (κ2) is 5.94. The lowest BCUT2D eigenvalue weighted by atomic mass is 10.0. The lowest BCUT2D eigenvalue weighted by molar-refractivity contribution is -0.147. The van der Waals surface area contributed by atoms with Gasteiger partial charge in [-0.2, -0.15) is 4.98 Å². The number of rotatable bonds is 2. The Morgan fingerprint density at radius 2 is 2.04 bits per heavy atom. The van der Waals surface area contributed by atoms with E-state index in [1.807, 2.05) is 19.9 Å². The van der Waals surface area contributed by atoms with Crippen LogP contribution in [0.5, 0.6) is 0 Å². The van der Waals surface area contributed by atoms with Crippen molar-refractivity contribution in [1.29, 1.82) is 0 Å². The number of likely N-dealkylation sites (tertiary alicyclic amines) is 1. The van der Waals surface area contributed by atoms with Crippen LogP contribution in [-0.2, 0) is 9.53 Å². The largest absolute Gasteiger partial charge is 0.467 e. The van der Waals surface area contributed by atoms with E-state index < -0.39 is 12.0 Å². The highest BCUT2D eigenvalue weighted by molar-refractivity contribution is 5.94. The lowest BCUT2D eigenvalue weighted by Crippen LogP contribution is -2.48. The number of hydrogen-bond donors (Lipinski definition) is 0. The van der Waals surface area contributed by atoms with Gasteiger partial charge in [0.25, 0.3) is 11.7 Å². The molecule has 8 nitrogen and oxygen atoms in total. The van der Waals surface area contributed by atoms with E-state index >= 15 is 0 Å². The van der Waals surface area contributed by atoms with Gasteiger partial charge in [-0.1, -0.05) is 0 Å². The van der Waals surface area contributed by atoms with Crippen LogP contribution in [0.2, 0.25) is 0 Å². The van der Waals surface area contributed by atoms with E-state index in [2.05, 4.69) is 15.1 Å². The molecule has 3 heterocycles. The van der Waals surface area contributed by atoms with E-state index in [0.717, 1.165) is 24.2 Å². The van der Waals surface area contributed by atoms with Gasteiger partial charge >= 0.3 is 5.97 Å². The Bertz CT molecular complexity index is 770. The van der Waals surface area contributed by atoms with Crippen LogP contribution in [-0.4, -0.2) is 56.1 Å². The van der Waals surface area contributed by atoms with Gasteiger partial charge < -0.3 is 9.64 Å². The predicted molar refractivity (Wildman–Crippen MR) is 80.9 cm³/mol. The molecule has 0 N–H and O–H groups in total. The first-order chi connectivity index (χ1) is 11.0. The minimum Gasteiger partial charge on any atom is -0.467 e. The molecule has 0 aromatic carbocycles. The molecule has 0 aliphatic carbocycles. The molecule has 1 amide bonds. The molecular formula is C15H19N5O3. The summed E-state index contributed by atoms with van der Waals surface area (Å²) in [6.45, 7) is 4.24. The fraction of sp³-hybridized carbons (Fsp3) is 0.533. The molecule has 3 rings (SSSR count). The van der Waals surface area contributed by atoms with Crippen LogP contribution >= 0.6 is 0 Å². The highest BCUT2D eigenvalue weighted by Crippen LogP contribution is 2.20. The molecule has 2 aromatic rings. The molecular weight excluding hydrogens is 298 g/mol. The average Bonchev–Trinajstić information content (AvgIpc) is 2.97. The molecule has 122 valence electrons. The molecule has 0 bridgehead atoms. The van der Waals surface area contributed by atoms with Gasteiger partial charge in [0, 0.05) is 17.9 Å². The van der Waals surface area contributed by atoms with Crippen molar-refractivity contribution in [2.45, 2.75) is 39.2 Å². The maximum absolute atomic E-state index is 12.7. The van der Waals surface area contributed by atoms with Crippen LogP contribution in [0.4, 0.5) is 0 Å².